The van der Waals surface area contributed by atoms with Crippen molar-refractivity contribution in [3.8, 4) is 5.75 Å². The molecular weight excluding hydrogens is 408 g/mol. The van der Waals surface area contributed by atoms with Gasteiger partial charge in [0, 0.05) is 18.8 Å². The zero-order valence-corrected chi connectivity index (χ0v) is 17.7. The number of rotatable bonds is 7. The smallest absolute Gasteiger partial charge is 0.338 e. The monoisotopic (exact) mass is 432 g/mol. The lowest BCUT2D eigenvalue weighted by Crippen LogP contribution is -2.28. The second-order valence-corrected chi connectivity index (χ2v) is 8.88. The van der Waals surface area contributed by atoms with Crippen LogP contribution in [0, 0.1) is 6.92 Å². The number of sulfonamides is 1. The van der Waals surface area contributed by atoms with Gasteiger partial charge in [-0.3, -0.25) is 4.79 Å². The van der Waals surface area contributed by atoms with Gasteiger partial charge >= 0.3 is 5.97 Å². The number of nitrogens with zero attached hydrogens (tertiary/aromatic N) is 1. The predicted octanol–water partition coefficient (Wildman–Crippen LogP) is 2.58. The molecule has 8 nitrogen and oxygen atoms in total. The van der Waals surface area contributed by atoms with Crippen LogP contribution in [0.3, 0.4) is 0 Å². The first-order valence-electron chi connectivity index (χ1n) is 9.53. The van der Waals surface area contributed by atoms with Crippen molar-refractivity contribution in [3.63, 3.8) is 0 Å². The molecule has 1 amide bonds. The maximum atomic E-state index is 12.9. The SMILES string of the molecule is COc1ccc(C(=O)OCC(=O)Nc2cccc(C)c2)cc1S(=O)(=O)N1CCCC1. The molecule has 0 aromatic heterocycles. The molecule has 0 radical (unpaired) electrons. The Bertz CT molecular complexity index is 1050. The van der Waals surface area contributed by atoms with Crippen molar-refractivity contribution in [1.82, 2.24) is 4.31 Å². The molecule has 1 fully saturated rings. The molecular formula is C21H24N2O6S. The summed E-state index contributed by atoms with van der Waals surface area (Å²) >= 11 is 0. The molecule has 9 heteroatoms. The normalized spacial score (nSPS) is 14.3. The first-order chi connectivity index (χ1) is 14.3. The Morgan fingerprint density at radius 1 is 1.10 bits per heavy atom. The third-order valence-electron chi connectivity index (χ3n) is 4.72. The zero-order valence-electron chi connectivity index (χ0n) is 16.9. The molecule has 0 unspecified atom stereocenters. The van der Waals surface area contributed by atoms with Crippen LogP contribution in [-0.4, -0.2) is 51.4 Å². The highest BCUT2D eigenvalue weighted by atomic mass is 32.2. The topological polar surface area (TPSA) is 102 Å². The first kappa shape index (κ1) is 21.8. The lowest BCUT2D eigenvalue weighted by atomic mass is 10.2. The van der Waals surface area contributed by atoms with Gasteiger partial charge in [0.2, 0.25) is 10.0 Å². The molecule has 0 aliphatic carbocycles. The van der Waals surface area contributed by atoms with E-state index >= 15 is 0 Å². The summed E-state index contributed by atoms with van der Waals surface area (Å²) in [6.07, 6.45) is 1.58. The van der Waals surface area contributed by atoms with Crippen molar-refractivity contribution >= 4 is 27.6 Å². The fourth-order valence-corrected chi connectivity index (χ4v) is 4.91. The van der Waals surface area contributed by atoms with E-state index in [9.17, 15) is 18.0 Å². The van der Waals surface area contributed by atoms with Gasteiger partial charge in [-0.25, -0.2) is 13.2 Å². The molecule has 2 aromatic rings. The molecule has 0 spiro atoms. The highest BCUT2D eigenvalue weighted by Crippen LogP contribution is 2.30. The van der Waals surface area contributed by atoms with Gasteiger partial charge in [0.05, 0.1) is 12.7 Å². The van der Waals surface area contributed by atoms with Crippen molar-refractivity contribution in [1.29, 1.82) is 0 Å². The highest BCUT2D eigenvalue weighted by molar-refractivity contribution is 7.89. The van der Waals surface area contributed by atoms with Gasteiger partial charge in [-0.2, -0.15) is 4.31 Å². The van der Waals surface area contributed by atoms with E-state index in [0.717, 1.165) is 18.4 Å². The van der Waals surface area contributed by atoms with Crippen molar-refractivity contribution in [2.45, 2.75) is 24.7 Å². The fourth-order valence-electron chi connectivity index (χ4n) is 3.21. The Morgan fingerprint density at radius 2 is 1.83 bits per heavy atom. The first-order valence-corrected chi connectivity index (χ1v) is 11.0. The Kier molecular flexibility index (Phi) is 6.73. The summed E-state index contributed by atoms with van der Waals surface area (Å²) in [5.41, 5.74) is 1.60. The van der Waals surface area contributed by atoms with Crippen LogP contribution in [-0.2, 0) is 19.6 Å². The molecule has 2 aromatic carbocycles. The van der Waals surface area contributed by atoms with E-state index in [1.54, 1.807) is 18.2 Å². The van der Waals surface area contributed by atoms with Crippen LogP contribution in [0.5, 0.6) is 5.75 Å². The van der Waals surface area contributed by atoms with E-state index in [1.807, 2.05) is 13.0 Å². The minimum Gasteiger partial charge on any atom is -0.495 e. The van der Waals surface area contributed by atoms with E-state index < -0.39 is 28.5 Å². The molecule has 1 aliphatic rings. The van der Waals surface area contributed by atoms with E-state index in [2.05, 4.69) is 5.32 Å². The number of carbonyl (C=O) groups excluding carboxylic acids is 2. The largest absolute Gasteiger partial charge is 0.495 e. The van der Waals surface area contributed by atoms with Gasteiger partial charge in [-0.05, 0) is 55.7 Å². The van der Waals surface area contributed by atoms with Gasteiger partial charge in [0.1, 0.15) is 10.6 Å². The number of hydrogen-bond donors (Lipinski definition) is 1. The quantitative estimate of drug-likeness (QED) is 0.675. The van der Waals surface area contributed by atoms with E-state index in [4.69, 9.17) is 9.47 Å². The van der Waals surface area contributed by atoms with Crippen LogP contribution in [0.2, 0.25) is 0 Å². The second kappa shape index (κ2) is 9.27. The predicted molar refractivity (Wildman–Crippen MR) is 111 cm³/mol. The fraction of sp³-hybridized carbons (Fsp3) is 0.333. The minimum absolute atomic E-state index is 0.0249. The second-order valence-electron chi connectivity index (χ2n) is 6.97. The third-order valence-corrected chi connectivity index (χ3v) is 6.64. The molecule has 0 atom stereocenters. The number of aryl methyl sites for hydroxylation is 1. The van der Waals surface area contributed by atoms with Crippen LogP contribution < -0.4 is 10.1 Å². The minimum atomic E-state index is -3.79. The molecule has 0 saturated carbocycles. The van der Waals surface area contributed by atoms with Crippen LogP contribution in [0.4, 0.5) is 5.69 Å². The van der Waals surface area contributed by atoms with Crippen molar-refractivity contribution in [2.24, 2.45) is 0 Å². The summed E-state index contributed by atoms with van der Waals surface area (Å²) in [5.74, 6) is -1.14. The Balaban J connectivity index is 1.70. The number of ether oxygens (including phenoxy) is 2. The summed E-state index contributed by atoms with van der Waals surface area (Å²) in [5, 5.41) is 2.64. The Hall–Kier alpha value is -2.91. The number of benzene rings is 2. The van der Waals surface area contributed by atoms with Crippen molar-refractivity contribution in [2.75, 3.05) is 32.1 Å². The average Bonchev–Trinajstić information content (AvgIpc) is 3.27. The standard InChI is InChI=1S/C21H24N2O6S/c1-15-6-5-7-17(12-15)22-20(24)14-29-21(25)16-8-9-18(28-2)19(13-16)30(26,27)23-10-3-4-11-23/h5-9,12-13H,3-4,10-11,14H2,1-2H3,(H,22,24). The molecule has 1 heterocycles. The number of carbonyl (C=O) groups is 2. The average molecular weight is 432 g/mol. The molecule has 160 valence electrons. The Labute approximate surface area is 175 Å². The number of anilines is 1. The lowest BCUT2D eigenvalue weighted by molar-refractivity contribution is -0.119. The third kappa shape index (κ3) is 4.98. The maximum Gasteiger partial charge on any atom is 0.338 e. The van der Waals surface area contributed by atoms with Crippen LogP contribution in [0.25, 0.3) is 0 Å². The van der Waals surface area contributed by atoms with E-state index in [0.29, 0.717) is 18.8 Å². The highest BCUT2D eigenvalue weighted by Gasteiger charge is 2.31. The molecule has 1 saturated heterocycles. The van der Waals surface area contributed by atoms with Crippen LogP contribution in [0.15, 0.2) is 47.4 Å². The number of hydrogen-bond acceptors (Lipinski definition) is 6. The number of amides is 1. The van der Waals surface area contributed by atoms with E-state index in [1.165, 1.54) is 29.6 Å². The number of nitrogens with one attached hydrogen (secondary N) is 1. The number of esters is 1. The zero-order chi connectivity index (χ0) is 21.7. The van der Waals surface area contributed by atoms with Crippen molar-refractivity contribution in [3.05, 3.63) is 53.6 Å². The summed E-state index contributed by atoms with van der Waals surface area (Å²) in [6, 6.07) is 11.3. The molecule has 3 rings (SSSR count). The van der Waals surface area contributed by atoms with Crippen LogP contribution >= 0.6 is 0 Å². The van der Waals surface area contributed by atoms with Gasteiger partial charge in [0.25, 0.3) is 5.91 Å². The summed E-state index contributed by atoms with van der Waals surface area (Å²) < 4.78 is 37.4. The number of methoxy groups -OCH3 is 1. The molecule has 1 aliphatic heterocycles. The molecule has 30 heavy (non-hydrogen) atoms. The van der Waals surface area contributed by atoms with Gasteiger partial charge in [-0.1, -0.05) is 12.1 Å². The summed E-state index contributed by atoms with van der Waals surface area (Å²) in [6.45, 7) is 2.26. The molecule has 1 N–H and O–H groups in total. The Morgan fingerprint density at radius 3 is 2.50 bits per heavy atom. The van der Waals surface area contributed by atoms with Gasteiger partial charge < -0.3 is 14.8 Å². The van der Waals surface area contributed by atoms with Crippen LogP contribution in [0.1, 0.15) is 28.8 Å². The lowest BCUT2D eigenvalue weighted by Gasteiger charge is -2.18. The summed E-state index contributed by atoms with van der Waals surface area (Å²) in [4.78, 5) is 24.4. The van der Waals surface area contributed by atoms with Gasteiger partial charge in [0.15, 0.2) is 6.61 Å². The summed E-state index contributed by atoms with van der Waals surface area (Å²) in [7, 11) is -2.43. The molecule has 0 bridgehead atoms. The maximum absolute atomic E-state index is 12.9. The van der Waals surface area contributed by atoms with E-state index in [-0.39, 0.29) is 16.2 Å². The van der Waals surface area contributed by atoms with Gasteiger partial charge in [-0.15, -0.1) is 0 Å². The van der Waals surface area contributed by atoms with Crippen molar-refractivity contribution < 1.29 is 27.5 Å².